The lowest BCUT2D eigenvalue weighted by molar-refractivity contribution is -0.385. The van der Waals surface area contributed by atoms with Crippen molar-refractivity contribution < 1.29 is 19.6 Å². The van der Waals surface area contributed by atoms with Crippen molar-refractivity contribution in [2.45, 2.75) is 4.90 Å². The highest BCUT2D eigenvalue weighted by atomic mass is 32.2. The summed E-state index contributed by atoms with van der Waals surface area (Å²) in [5.74, 6) is -0.966. The van der Waals surface area contributed by atoms with Crippen LogP contribution >= 0.6 is 11.8 Å². The van der Waals surface area contributed by atoms with Crippen LogP contribution < -0.4 is 4.74 Å². The fourth-order valence-corrected chi connectivity index (χ4v) is 1.97. The summed E-state index contributed by atoms with van der Waals surface area (Å²) in [5.41, 5.74) is -1.04. The molecule has 2 rings (SSSR count). The Hall–Kier alpha value is -2.61. The minimum absolute atomic E-state index is 0.0186. The van der Waals surface area contributed by atoms with Crippen molar-refractivity contribution in [1.82, 2.24) is 4.98 Å². The van der Waals surface area contributed by atoms with E-state index in [2.05, 4.69) is 4.98 Å². The Bertz CT molecular complexity index is 687. The van der Waals surface area contributed by atoms with Gasteiger partial charge in [0.1, 0.15) is 17.5 Å². The molecular weight excluding hydrogens is 296 g/mol. The van der Waals surface area contributed by atoms with Crippen molar-refractivity contribution in [1.29, 1.82) is 0 Å². The number of carbonyl (C=O) groups is 1. The summed E-state index contributed by atoms with van der Waals surface area (Å²) in [4.78, 5) is 25.7. The lowest BCUT2D eigenvalue weighted by Crippen LogP contribution is -2.04. The van der Waals surface area contributed by atoms with Gasteiger partial charge in [-0.05, 0) is 30.5 Å². The summed E-state index contributed by atoms with van der Waals surface area (Å²) in [7, 11) is 0. The number of aromatic nitrogens is 1. The van der Waals surface area contributed by atoms with Crippen LogP contribution in [0.2, 0.25) is 0 Å². The van der Waals surface area contributed by atoms with Gasteiger partial charge in [-0.15, -0.1) is 11.8 Å². The second-order valence-electron chi connectivity index (χ2n) is 3.88. The highest BCUT2D eigenvalue weighted by molar-refractivity contribution is 7.98. The van der Waals surface area contributed by atoms with Crippen LogP contribution in [-0.4, -0.2) is 27.2 Å². The summed E-state index contributed by atoms with van der Waals surface area (Å²) in [6, 6.07) is 8.11. The minimum atomic E-state index is -1.41. The van der Waals surface area contributed by atoms with E-state index in [-0.39, 0.29) is 5.88 Å². The molecule has 0 bridgehead atoms. The summed E-state index contributed by atoms with van der Waals surface area (Å²) < 4.78 is 5.40. The zero-order valence-corrected chi connectivity index (χ0v) is 11.7. The fourth-order valence-electron chi connectivity index (χ4n) is 1.57. The topological polar surface area (TPSA) is 103 Å². The molecule has 0 fully saturated rings. The molecule has 8 heteroatoms. The van der Waals surface area contributed by atoms with Crippen LogP contribution in [0.3, 0.4) is 0 Å². The number of hydrogen-bond acceptors (Lipinski definition) is 6. The second kappa shape index (κ2) is 6.23. The number of nitrogens with zero attached hydrogens (tertiary/aromatic N) is 2. The molecule has 0 spiro atoms. The third kappa shape index (κ3) is 3.48. The monoisotopic (exact) mass is 306 g/mol. The van der Waals surface area contributed by atoms with Gasteiger partial charge in [-0.25, -0.2) is 9.78 Å². The van der Waals surface area contributed by atoms with E-state index in [1.54, 1.807) is 23.9 Å². The first-order valence-corrected chi connectivity index (χ1v) is 6.93. The van der Waals surface area contributed by atoms with Crippen LogP contribution in [0.5, 0.6) is 11.6 Å². The highest BCUT2D eigenvalue weighted by Gasteiger charge is 2.21. The quantitative estimate of drug-likeness (QED) is 0.514. The lowest BCUT2D eigenvalue weighted by atomic mass is 10.2. The average molecular weight is 306 g/mol. The standard InChI is InChI=1S/C13H10N2O5S/c1-21-9-4-2-8(3-5-9)20-12-6-10(13(16)17)11(7-14-12)15(18)19/h2-7H,1H3,(H,16,17). The number of pyridine rings is 1. The molecule has 0 atom stereocenters. The zero-order valence-electron chi connectivity index (χ0n) is 10.8. The van der Waals surface area contributed by atoms with Gasteiger partial charge in [0.2, 0.25) is 5.88 Å². The van der Waals surface area contributed by atoms with Crippen molar-refractivity contribution in [2.24, 2.45) is 0 Å². The summed E-state index contributed by atoms with van der Waals surface area (Å²) in [5, 5.41) is 19.7. The van der Waals surface area contributed by atoms with Gasteiger partial charge in [-0.3, -0.25) is 10.1 Å². The van der Waals surface area contributed by atoms with Crippen LogP contribution in [0.4, 0.5) is 5.69 Å². The Labute approximate surface area is 123 Å². The Morgan fingerprint density at radius 1 is 1.38 bits per heavy atom. The molecule has 7 nitrogen and oxygen atoms in total. The van der Waals surface area contributed by atoms with Crippen molar-refractivity contribution in [2.75, 3.05) is 6.26 Å². The molecule has 1 N–H and O–H groups in total. The summed E-state index contributed by atoms with van der Waals surface area (Å²) >= 11 is 1.57. The molecule has 0 amide bonds. The molecule has 0 saturated heterocycles. The third-order valence-corrected chi connectivity index (χ3v) is 3.31. The van der Waals surface area contributed by atoms with Crippen LogP contribution in [0.25, 0.3) is 0 Å². The molecule has 0 aliphatic heterocycles. The predicted molar refractivity (Wildman–Crippen MR) is 76.1 cm³/mol. The van der Waals surface area contributed by atoms with Crippen LogP contribution in [0, 0.1) is 10.1 Å². The van der Waals surface area contributed by atoms with Crippen LogP contribution in [-0.2, 0) is 0 Å². The number of carboxylic acids is 1. The average Bonchev–Trinajstić information content (AvgIpc) is 2.47. The maximum atomic E-state index is 11.0. The first-order valence-electron chi connectivity index (χ1n) is 5.71. The van der Waals surface area contributed by atoms with E-state index in [1.807, 2.05) is 18.4 Å². The van der Waals surface area contributed by atoms with Crippen LogP contribution in [0.1, 0.15) is 10.4 Å². The van der Waals surface area contributed by atoms with E-state index in [9.17, 15) is 14.9 Å². The molecule has 1 aromatic carbocycles. The van der Waals surface area contributed by atoms with E-state index in [1.165, 1.54) is 0 Å². The van der Waals surface area contributed by atoms with Crippen molar-refractivity contribution >= 4 is 23.4 Å². The lowest BCUT2D eigenvalue weighted by Gasteiger charge is -2.06. The van der Waals surface area contributed by atoms with Gasteiger partial charge in [0, 0.05) is 11.0 Å². The molecule has 0 aliphatic carbocycles. The Kier molecular flexibility index (Phi) is 4.39. The number of thioether (sulfide) groups is 1. The van der Waals surface area contributed by atoms with Gasteiger partial charge in [-0.2, -0.15) is 0 Å². The molecule has 2 aromatic rings. The molecule has 0 aliphatic rings. The number of carboxylic acid groups (broad SMARTS) is 1. The maximum Gasteiger partial charge on any atom is 0.342 e. The van der Waals surface area contributed by atoms with E-state index >= 15 is 0 Å². The largest absolute Gasteiger partial charge is 0.477 e. The van der Waals surface area contributed by atoms with E-state index in [4.69, 9.17) is 9.84 Å². The zero-order chi connectivity index (χ0) is 15.4. The van der Waals surface area contributed by atoms with Gasteiger partial charge < -0.3 is 9.84 Å². The summed E-state index contributed by atoms with van der Waals surface area (Å²) in [6.45, 7) is 0. The number of aromatic carboxylic acids is 1. The summed E-state index contributed by atoms with van der Waals surface area (Å²) in [6.07, 6.45) is 2.81. The predicted octanol–water partition coefficient (Wildman–Crippen LogP) is 3.20. The number of rotatable bonds is 5. The molecule has 1 heterocycles. The third-order valence-electron chi connectivity index (χ3n) is 2.57. The number of hydrogen-bond donors (Lipinski definition) is 1. The van der Waals surface area contributed by atoms with Crippen molar-refractivity contribution in [3.05, 3.63) is 52.2 Å². The number of benzene rings is 1. The molecule has 21 heavy (non-hydrogen) atoms. The van der Waals surface area contributed by atoms with Crippen LogP contribution in [0.15, 0.2) is 41.4 Å². The van der Waals surface area contributed by atoms with E-state index in [0.717, 1.165) is 17.2 Å². The Balaban J connectivity index is 2.29. The van der Waals surface area contributed by atoms with Crippen molar-refractivity contribution in [3.8, 4) is 11.6 Å². The van der Waals surface area contributed by atoms with E-state index in [0.29, 0.717) is 5.75 Å². The SMILES string of the molecule is CSc1ccc(Oc2cc(C(=O)O)c([N+](=O)[O-])cn2)cc1. The molecule has 0 unspecified atom stereocenters. The molecule has 108 valence electrons. The van der Waals surface area contributed by atoms with Crippen molar-refractivity contribution in [3.63, 3.8) is 0 Å². The molecule has 0 saturated carbocycles. The fraction of sp³-hybridized carbons (Fsp3) is 0.0769. The minimum Gasteiger partial charge on any atom is -0.477 e. The Morgan fingerprint density at radius 3 is 2.57 bits per heavy atom. The number of ether oxygens (including phenoxy) is 1. The normalized spacial score (nSPS) is 10.1. The Morgan fingerprint density at radius 2 is 2.05 bits per heavy atom. The second-order valence-corrected chi connectivity index (χ2v) is 4.76. The molecule has 1 aromatic heterocycles. The van der Waals surface area contributed by atoms with Gasteiger partial charge in [-0.1, -0.05) is 0 Å². The van der Waals surface area contributed by atoms with Gasteiger partial charge in [0.25, 0.3) is 0 Å². The van der Waals surface area contributed by atoms with Gasteiger partial charge in [0.15, 0.2) is 0 Å². The number of nitro groups is 1. The molecule has 0 radical (unpaired) electrons. The van der Waals surface area contributed by atoms with Gasteiger partial charge >= 0.3 is 11.7 Å². The smallest absolute Gasteiger partial charge is 0.342 e. The van der Waals surface area contributed by atoms with E-state index < -0.39 is 22.1 Å². The molecular formula is C13H10N2O5S. The maximum absolute atomic E-state index is 11.0. The highest BCUT2D eigenvalue weighted by Crippen LogP contribution is 2.26. The first-order chi connectivity index (χ1) is 10.0. The van der Waals surface area contributed by atoms with Gasteiger partial charge in [0.05, 0.1) is 4.92 Å². The first kappa shape index (κ1) is 14.8.